The zero-order chi connectivity index (χ0) is 14.5. The summed E-state index contributed by atoms with van der Waals surface area (Å²) in [5.74, 6) is 0.0513. The van der Waals surface area contributed by atoms with Gasteiger partial charge in [0.15, 0.2) is 0 Å². The molecule has 2 rings (SSSR count). The van der Waals surface area contributed by atoms with Crippen LogP contribution in [0.5, 0.6) is 0 Å². The zero-order valence-corrected chi connectivity index (χ0v) is 14.2. The van der Waals surface area contributed by atoms with Crippen molar-refractivity contribution >= 4 is 18.3 Å². The number of carbonyl (C=O) groups is 1. The SMILES string of the molecule is CNCCNC(=O)c1cc(C)n(C2CCCCC2)c1C.Cl. The van der Waals surface area contributed by atoms with Crippen LogP contribution in [0.4, 0.5) is 0 Å². The summed E-state index contributed by atoms with van der Waals surface area (Å²) in [5, 5.41) is 6.01. The fourth-order valence-corrected chi connectivity index (χ4v) is 3.30. The summed E-state index contributed by atoms with van der Waals surface area (Å²) in [7, 11) is 1.89. The van der Waals surface area contributed by atoms with Crippen molar-refractivity contribution in [3.05, 3.63) is 23.0 Å². The van der Waals surface area contributed by atoms with E-state index >= 15 is 0 Å². The normalized spacial score (nSPS) is 15.6. The summed E-state index contributed by atoms with van der Waals surface area (Å²) in [4.78, 5) is 12.2. The molecule has 0 aromatic carbocycles. The summed E-state index contributed by atoms with van der Waals surface area (Å²) >= 11 is 0. The number of hydrogen-bond acceptors (Lipinski definition) is 2. The number of amides is 1. The number of nitrogens with zero attached hydrogens (tertiary/aromatic N) is 1. The molecule has 1 saturated carbocycles. The minimum atomic E-state index is 0. The van der Waals surface area contributed by atoms with Gasteiger partial charge in [-0.2, -0.15) is 0 Å². The molecule has 4 nitrogen and oxygen atoms in total. The molecule has 0 bridgehead atoms. The van der Waals surface area contributed by atoms with Gasteiger partial charge in [0.2, 0.25) is 0 Å². The Labute approximate surface area is 134 Å². The Morgan fingerprint density at radius 1 is 1.24 bits per heavy atom. The van der Waals surface area contributed by atoms with Crippen molar-refractivity contribution in [2.45, 2.75) is 52.0 Å². The number of rotatable bonds is 5. The first-order valence-electron chi connectivity index (χ1n) is 7.76. The van der Waals surface area contributed by atoms with E-state index in [1.165, 1.54) is 37.8 Å². The van der Waals surface area contributed by atoms with E-state index in [9.17, 15) is 4.79 Å². The lowest BCUT2D eigenvalue weighted by Crippen LogP contribution is -2.30. The van der Waals surface area contributed by atoms with E-state index < -0.39 is 0 Å². The Morgan fingerprint density at radius 3 is 2.52 bits per heavy atom. The quantitative estimate of drug-likeness (QED) is 0.821. The number of likely N-dealkylation sites (N-methyl/N-ethyl adjacent to an activating group) is 1. The van der Waals surface area contributed by atoms with Crippen LogP contribution in [0.3, 0.4) is 0 Å². The van der Waals surface area contributed by atoms with E-state index in [0.717, 1.165) is 17.8 Å². The minimum Gasteiger partial charge on any atom is -0.351 e. The topological polar surface area (TPSA) is 46.1 Å². The summed E-state index contributed by atoms with van der Waals surface area (Å²) in [6, 6.07) is 2.63. The lowest BCUT2D eigenvalue weighted by molar-refractivity contribution is 0.0953. The number of carbonyl (C=O) groups excluding carboxylic acids is 1. The fraction of sp³-hybridized carbons (Fsp3) is 0.688. The molecule has 5 heteroatoms. The molecule has 21 heavy (non-hydrogen) atoms. The maximum Gasteiger partial charge on any atom is 0.253 e. The third-order valence-electron chi connectivity index (χ3n) is 4.33. The first kappa shape index (κ1) is 18.1. The van der Waals surface area contributed by atoms with Gasteiger partial charge in [0.05, 0.1) is 5.56 Å². The van der Waals surface area contributed by atoms with Crippen LogP contribution in [0.1, 0.15) is 59.9 Å². The van der Waals surface area contributed by atoms with E-state index in [1.807, 2.05) is 13.1 Å². The van der Waals surface area contributed by atoms with Crippen LogP contribution < -0.4 is 10.6 Å². The molecular weight excluding hydrogens is 286 g/mol. The molecule has 1 amide bonds. The number of hydrogen-bond donors (Lipinski definition) is 2. The van der Waals surface area contributed by atoms with Crippen molar-refractivity contribution in [3.63, 3.8) is 0 Å². The zero-order valence-electron chi connectivity index (χ0n) is 13.4. The largest absolute Gasteiger partial charge is 0.351 e. The summed E-state index contributed by atoms with van der Waals surface area (Å²) in [5.41, 5.74) is 3.17. The summed E-state index contributed by atoms with van der Waals surface area (Å²) < 4.78 is 2.38. The Hall–Kier alpha value is -1.00. The van der Waals surface area contributed by atoms with E-state index in [-0.39, 0.29) is 18.3 Å². The molecular formula is C16H28ClN3O. The molecule has 0 unspecified atom stereocenters. The lowest BCUT2D eigenvalue weighted by Gasteiger charge is -2.26. The fourth-order valence-electron chi connectivity index (χ4n) is 3.30. The highest BCUT2D eigenvalue weighted by Crippen LogP contribution is 2.32. The van der Waals surface area contributed by atoms with E-state index in [1.54, 1.807) is 0 Å². The molecule has 1 heterocycles. The standard InChI is InChI=1S/C16H27N3O.ClH/c1-12-11-15(16(20)18-10-9-17-3)13(2)19(12)14-7-5-4-6-8-14;/h11,14,17H,4-10H2,1-3H3,(H,18,20);1H. The molecule has 0 spiro atoms. The third-order valence-corrected chi connectivity index (χ3v) is 4.33. The Balaban J connectivity index is 0.00000220. The van der Waals surface area contributed by atoms with Gasteiger partial charge in [0.1, 0.15) is 0 Å². The molecule has 0 saturated heterocycles. The highest BCUT2D eigenvalue weighted by Gasteiger charge is 2.22. The van der Waals surface area contributed by atoms with Gasteiger partial charge in [-0.3, -0.25) is 4.79 Å². The number of halogens is 1. The summed E-state index contributed by atoms with van der Waals surface area (Å²) in [6.07, 6.45) is 6.47. The van der Waals surface area contributed by atoms with E-state index in [4.69, 9.17) is 0 Å². The number of aromatic nitrogens is 1. The van der Waals surface area contributed by atoms with Crippen LogP contribution in [0.15, 0.2) is 6.07 Å². The van der Waals surface area contributed by atoms with Crippen LogP contribution in [0.25, 0.3) is 0 Å². The number of aryl methyl sites for hydroxylation is 1. The predicted octanol–water partition coefficient (Wildman–Crippen LogP) is 2.98. The Morgan fingerprint density at radius 2 is 1.90 bits per heavy atom. The van der Waals surface area contributed by atoms with Crippen LogP contribution in [-0.2, 0) is 0 Å². The van der Waals surface area contributed by atoms with Crippen LogP contribution in [0.2, 0.25) is 0 Å². The molecule has 0 radical (unpaired) electrons. The number of nitrogens with one attached hydrogen (secondary N) is 2. The molecule has 2 N–H and O–H groups in total. The van der Waals surface area contributed by atoms with Crippen molar-refractivity contribution in [1.29, 1.82) is 0 Å². The van der Waals surface area contributed by atoms with E-state index in [0.29, 0.717) is 12.6 Å². The van der Waals surface area contributed by atoms with Crippen molar-refractivity contribution in [2.75, 3.05) is 20.1 Å². The summed E-state index contributed by atoms with van der Waals surface area (Å²) in [6.45, 7) is 5.66. The van der Waals surface area contributed by atoms with Gasteiger partial charge in [-0.05, 0) is 39.8 Å². The van der Waals surface area contributed by atoms with Gasteiger partial charge in [-0.1, -0.05) is 19.3 Å². The molecule has 1 fully saturated rings. The van der Waals surface area contributed by atoms with Gasteiger partial charge >= 0.3 is 0 Å². The minimum absolute atomic E-state index is 0. The highest BCUT2D eigenvalue weighted by atomic mass is 35.5. The Bertz CT molecular complexity index is 464. The highest BCUT2D eigenvalue weighted by molar-refractivity contribution is 5.95. The Kier molecular flexibility index (Phi) is 7.26. The van der Waals surface area contributed by atoms with Crippen molar-refractivity contribution < 1.29 is 4.79 Å². The van der Waals surface area contributed by atoms with Gasteiger partial charge in [0, 0.05) is 30.5 Å². The molecule has 120 valence electrons. The average Bonchev–Trinajstić information content (AvgIpc) is 2.75. The molecule has 1 aliphatic rings. The van der Waals surface area contributed by atoms with Crippen LogP contribution >= 0.6 is 12.4 Å². The molecule has 1 aromatic rings. The first-order valence-corrected chi connectivity index (χ1v) is 7.76. The van der Waals surface area contributed by atoms with Crippen molar-refractivity contribution in [1.82, 2.24) is 15.2 Å². The first-order chi connectivity index (χ1) is 9.65. The van der Waals surface area contributed by atoms with E-state index in [2.05, 4.69) is 29.0 Å². The van der Waals surface area contributed by atoms with Gasteiger partial charge < -0.3 is 15.2 Å². The second kappa shape index (κ2) is 8.44. The second-order valence-electron chi connectivity index (χ2n) is 5.81. The van der Waals surface area contributed by atoms with Gasteiger partial charge in [-0.25, -0.2) is 0 Å². The van der Waals surface area contributed by atoms with Crippen molar-refractivity contribution in [3.8, 4) is 0 Å². The molecule has 0 aliphatic heterocycles. The smallest absolute Gasteiger partial charge is 0.253 e. The monoisotopic (exact) mass is 313 g/mol. The molecule has 1 aromatic heterocycles. The molecule has 0 atom stereocenters. The maximum absolute atomic E-state index is 12.2. The van der Waals surface area contributed by atoms with Gasteiger partial charge in [0.25, 0.3) is 5.91 Å². The van der Waals surface area contributed by atoms with Gasteiger partial charge in [-0.15, -0.1) is 12.4 Å². The maximum atomic E-state index is 12.2. The van der Waals surface area contributed by atoms with Crippen LogP contribution in [0, 0.1) is 13.8 Å². The average molecular weight is 314 g/mol. The lowest BCUT2D eigenvalue weighted by atomic mass is 9.95. The van der Waals surface area contributed by atoms with Crippen LogP contribution in [-0.4, -0.2) is 30.6 Å². The molecule has 1 aliphatic carbocycles. The second-order valence-corrected chi connectivity index (χ2v) is 5.81. The van der Waals surface area contributed by atoms with Crippen molar-refractivity contribution in [2.24, 2.45) is 0 Å². The predicted molar refractivity (Wildman–Crippen MR) is 89.5 cm³/mol. The third kappa shape index (κ3) is 4.24.